The van der Waals surface area contributed by atoms with E-state index in [1.54, 1.807) is 11.0 Å². The summed E-state index contributed by atoms with van der Waals surface area (Å²) >= 11 is 0. The maximum absolute atomic E-state index is 15.0. The molecule has 33 heavy (non-hydrogen) atoms. The third-order valence-corrected chi connectivity index (χ3v) is 6.49. The molecule has 1 saturated heterocycles. The van der Waals surface area contributed by atoms with Crippen LogP contribution in [0.25, 0.3) is 10.8 Å². The van der Waals surface area contributed by atoms with Gasteiger partial charge in [0.05, 0.1) is 17.9 Å². The lowest BCUT2D eigenvalue weighted by atomic mass is 10.1. The first kappa shape index (κ1) is 21.2. The fourth-order valence-corrected chi connectivity index (χ4v) is 4.87. The summed E-state index contributed by atoms with van der Waals surface area (Å²) < 4.78 is 15.0. The predicted molar refractivity (Wildman–Crippen MR) is 126 cm³/mol. The SMILES string of the molecule is C=CC(=O)N1CCN(c2nc(O)nc3c2CCCN(c2c(F)ccc4ccccc24)C3)CC1. The van der Waals surface area contributed by atoms with Gasteiger partial charge in [-0.1, -0.05) is 36.9 Å². The van der Waals surface area contributed by atoms with Gasteiger partial charge in [-0.05, 0) is 30.4 Å². The average Bonchev–Trinajstić information content (AvgIpc) is 3.05. The largest absolute Gasteiger partial charge is 0.479 e. The number of hydrogen-bond donors (Lipinski definition) is 1. The molecule has 5 rings (SSSR count). The Kier molecular flexibility index (Phi) is 5.58. The normalized spacial score (nSPS) is 16.5. The minimum absolute atomic E-state index is 0.0771. The number of piperazine rings is 1. The second-order valence-corrected chi connectivity index (χ2v) is 8.43. The number of halogens is 1. The molecule has 2 aromatic carbocycles. The van der Waals surface area contributed by atoms with Crippen LogP contribution in [0.15, 0.2) is 49.1 Å². The minimum Gasteiger partial charge on any atom is -0.479 e. The molecule has 2 aliphatic heterocycles. The van der Waals surface area contributed by atoms with Crippen LogP contribution in [0, 0.1) is 5.82 Å². The van der Waals surface area contributed by atoms with E-state index in [0.29, 0.717) is 56.5 Å². The molecule has 170 valence electrons. The highest BCUT2D eigenvalue weighted by molar-refractivity contribution is 5.94. The molecule has 1 aromatic heterocycles. The number of fused-ring (bicyclic) bond motifs is 2. The standard InChI is InChI=1S/C25H26FN5O2/c1-2-22(32)29-12-14-30(15-13-29)24-19-8-5-11-31(16-21(19)27-25(33)28-24)23-18-7-4-3-6-17(18)9-10-20(23)26/h2-4,6-7,9-10H,1,5,8,11-16H2,(H,27,28,33). The lowest BCUT2D eigenvalue weighted by Crippen LogP contribution is -2.48. The van der Waals surface area contributed by atoms with E-state index in [-0.39, 0.29) is 17.7 Å². The van der Waals surface area contributed by atoms with E-state index in [4.69, 9.17) is 0 Å². The zero-order valence-electron chi connectivity index (χ0n) is 18.4. The Labute approximate surface area is 191 Å². The average molecular weight is 448 g/mol. The summed E-state index contributed by atoms with van der Waals surface area (Å²) in [5, 5.41) is 12.2. The number of benzene rings is 2. The van der Waals surface area contributed by atoms with Crippen molar-refractivity contribution in [1.82, 2.24) is 14.9 Å². The van der Waals surface area contributed by atoms with Crippen LogP contribution in [-0.2, 0) is 17.8 Å². The molecule has 3 heterocycles. The van der Waals surface area contributed by atoms with Crippen molar-refractivity contribution in [3.05, 3.63) is 66.1 Å². The van der Waals surface area contributed by atoms with E-state index in [1.807, 2.05) is 29.2 Å². The number of aromatic hydroxyl groups is 1. The van der Waals surface area contributed by atoms with Gasteiger partial charge in [0.15, 0.2) is 0 Å². The highest BCUT2D eigenvalue weighted by Crippen LogP contribution is 2.35. The van der Waals surface area contributed by atoms with E-state index >= 15 is 4.39 Å². The number of carbonyl (C=O) groups is 1. The van der Waals surface area contributed by atoms with E-state index in [1.165, 1.54) is 12.1 Å². The van der Waals surface area contributed by atoms with Crippen molar-refractivity contribution >= 4 is 28.2 Å². The fourth-order valence-electron chi connectivity index (χ4n) is 4.87. The molecule has 0 radical (unpaired) electrons. The Morgan fingerprint density at radius 3 is 2.61 bits per heavy atom. The number of nitrogens with zero attached hydrogens (tertiary/aromatic N) is 5. The van der Waals surface area contributed by atoms with Crippen LogP contribution in [0.4, 0.5) is 15.9 Å². The highest BCUT2D eigenvalue weighted by Gasteiger charge is 2.28. The van der Waals surface area contributed by atoms with Gasteiger partial charge >= 0.3 is 6.01 Å². The van der Waals surface area contributed by atoms with Crippen molar-refractivity contribution < 1.29 is 14.3 Å². The Balaban J connectivity index is 1.48. The van der Waals surface area contributed by atoms with Gasteiger partial charge in [0, 0.05) is 43.7 Å². The van der Waals surface area contributed by atoms with E-state index in [2.05, 4.69) is 21.4 Å². The van der Waals surface area contributed by atoms with Crippen LogP contribution in [0.5, 0.6) is 6.01 Å². The molecular formula is C25H26FN5O2. The molecule has 7 nitrogen and oxygen atoms in total. The van der Waals surface area contributed by atoms with Gasteiger partial charge in [0.25, 0.3) is 0 Å². The molecule has 0 atom stereocenters. The van der Waals surface area contributed by atoms with Crippen LogP contribution in [0.1, 0.15) is 17.7 Å². The highest BCUT2D eigenvalue weighted by atomic mass is 19.1. The van der Waals surface area contributed by atoms with Gasteiger partial charge in [0.2, 0.25) is 5.91 Å². The quantitative estimate of drug-likeness (QED) is 0.622. The smallest absolute Gasteiger partial charge is 0.316 e. The first-order valence-corrected chi connectivity index (χ1v) is 11.2. The Bertz CT molecular complexity index is 1220. The molecule has 8 heteroatoms. The van der Waals surface area contributed by atoms with Crippen molar-refractivity contribution in [2.75, 3.05) is 42.5 Å². The van der Waals surface area contributed by atoms with Gasteiger partial charge in [0.1, 0.15) is 11.6 Å². The molecule has 3 aromatic rings. The first-order chi connectivity index (χ1) is 16.0. The van der Waals surface area contributed by atoms with Crippen LogP contribution >= 0.6 is 0 Å². The molecule has 2 aliphatic rings. The maximum Gasteiger partial charge on any atom is 0.316 e. The second kappa shape index (κ2) is 8.69. The predicted octanol–water partition coefficient (Wildman–Crippen LogP) is 3.26. The molecule has 1 N–H and O–H groups in total. The number of amides is 1. The van der Waals surface area contributed by atoms with Gasteiger partial charge in [-0.3, -0.25) is 4.79 Å². The number of carbonyl (C=O) groups excluding carboxylic acids is 1. The molecule has 1 fully saturated rings. The van der Waals surface area contributed by atoms with Crippen molar-refractivity contribution in [3.8, 4) is 6.01 Å². The third kappa shape index (κ3) is 3.97. The summed E-state index contributed by atoms with van der Waals surface area (Å²) in [5.41, 5.74) is 2.27. The Morgan fingerprint density at radius 2 is 1.82 bits per heavy atom. The molecular weight excluding hydrogens is 421 g/mol. The lowest BCUT2D eigenvalue weighted by Gasteiger charge is -2.36. The number of rotatable bonds is 3. The van der Waals surface area contributed by atoms with Gasteiger partial charge in [-0.25, -0.2) is 4.39 Å². The first-order valence-electron chi connectivity index (χ1n) is 11.2. The minimum atomic E-state index is -0.284. The third-order valence-electron chi connectivity index (χ3n) is 6.49. The van der Waals surface area contributed by atoms with Crippen LogP contribution in [0.3, 0.4) is 0 Å². The molecule has 0 aliphatic carbocycles. The van der Waals surface area contributed by atoms with Crippen molar-refractivity contribution in [3.63, 3.8) is 0 Å². The van der Waals surface area contributed by atoms with Gasteiger partial charge < -0.3 is 19.8 Å². The van der Waals surface area contributed by atoms with Gasteiger partial charge in [-0.2, -0.15) is 9.97 Å². The lowest BCUT2D eigenvalue weighted by molar-refractivity contribution is -0.126. The molecule has 0 spiro atoms. The summed E-state index contributed by atoms with van der Waals surface area (Å²) in [6.07, 6.45) is 2.88. The zero-order chi connectivity index (χ0) is 22.9. The summed E-state index contributed by atoms with van der Waals surface area (Å²) in [6, 6.07) is 10.8. The van der Waals surface area contributed by atoms with Crippen LogP contribution in [-0.4, -0.2) is 58.6 Å². The number of hydrogen-bond acceptors (Lipinski definition) is 6. The summed E-state index contributed by atoms with van der Waals surface area (Å²) in [4.78, 5) is 26.5. The van der Waals surface area contributed by atoms with Crippen LogP contribution in [0.2, 0.25) is 0 Å². The Hall–Kier alpha value is -3.68. The van der Waals surface area contributed by atoms with Crippen molar-refractivity contribution in [2.45, 2.75) is 19.4 Å². The molecule has 0 unspecified atom stereocenters. The second-order valence-electron chi connectivity index (χ2n) is 8.43. The van der Waals surface area contributed by atoms with E-state index < -0.39 is 0 Å². The maximum atomic E-state index is 15.0. The summed E-state index contributed by atoms with van der Waals surface area (Å²) in [6.45, 7) is 6.98. The zero-order valence-corrected chi connectivity index (χ0v) is 18.4. The number of anilines is 2. The summed E-state index contributed by atoms with van der Waals surface area (Å²) in [7, 11) is 0. The van der Waals surface area contributed by atoms with Gasteiger partial charge in [-0.15, -0.1) is 0 Å². The molecule has 0 saturated carbocycles. The number of aromatic nitrogens is 2. The van der Waals surface area contributed by atoms with E-state index in [0.717, 1.165) is 29.2 Å². The molecule has 0 bridgehead atoms. The Morgan fingerprint density at radius 1 is 1.03 bits per heavy atom. The molecule has 1 amide bonds. The topological polar surface area (TPSA) is 72.8 Å². The van der Waals surface area contributed by atoms with Crippen LogP contribution < -0.4 is 9.80 Å². The fraction of sp³-hybridized carbons (Fsp3) is 0.320. The van der Waals surface area contributed by atoms with Crippen molar-refractivity contribution in [1.29, 1.82) is 0 Å². The summed E-state index contributed by atoms with van der Waals surface area (Å²) in [5.74, 6) is 0.369. The van der Waals surface area contributed by atoms with E-state index in [9.17, 15) is 9.90 Å². The van der Waals surface area contributed by atoms with Crippen molar-refractivity contribution in [2.24, 2.45) is 0 Å². The monoisotopic (exact) mass is 447 g/mol.